The maximum Gasteiger partial charge on any atom is 0.417 e. The number of nitriles is 1. The van der Waals surface area contributed by atoms with Gasteiger partial charge in [0.15, 0.2) is 0 Å². The van der Waals surface area contributed by atoms with Crippen molar-refractivity contribution in [1.82, 2.24) is 5.32 Å². The van der Waals surface area contributed by atoms with E-state index >= 15 is 0 Å². The van der Waals surface area contributed by atoms with Crippen molar-refractivity contribution in [2.75, 3.05) is 18.4 Å². The first-order chi connectivity index (χ1) is 8.84. The number of alkyl halides is 3. The summed E-state index contributed by atoms with van der Waals surface area (Å²) < 4.78 is 38.5. The van der Waals surface area contributed by atoms with Crippen LogP contribution in [0.15, 0.2) is 18.2 Å². The molecule has 102 valence electrons. The average molecular weight is 269 g/mol. The molecule has 2 rings (SSSR count). The SMILES string of the molecule is CC1(Nc2ccc(C#N)c(C(F)(F)F)c2)CCNC1. The molecule has 1 aromatic carbocycles. The predicted molar refractivity (Wildman–Crippen MR) is 65.7 cm³/mol. The summed E-state index contributed by atoms with van der Waals surface area (Å²) in [7, 11) is 0. The van der Waals surface area contributed by atoms with Gasteiger partial charge in [-0.2, -0.15) is 18.4 Å². The van der Waals surface area contributed by atoms with Gasteiger partial charge in [-0.25, -0.2) is 0 Å². The first kappa shape index (κ1) is 13.7. The van der Waals surface area contributed by atoms with Gasteiger partial charge in [-0.15, -0.1) is 0 Å². The lowest BCUT2D eigenvalue weighted by Crippen LogP contribution is -2.36. The molecule has 6 heteroatoms. The Hall–Kier alpha value is -1.74. The van der Waals surface area contributed by atoms with Gasteiger partial charge in [-0.3, -0.25) is 0 Å². The topological polar surface area (TPSA) is 47.9 Å². The molecule has 0 bridgehead atoms. The zero-order chi connectivity index (χ0) is 14.1. The third-order valence-corrected chi connectivity index (χ3v) is 3.26. The van der Waals surface area contributed by atoms with Crippen molar-refractivity contribution in [2.24, 2.45) is 0 Å². The lowest BCUT2D eigenvalue weighted by atomic mass is 10.00. The molecule has 0 amide bonds. The molecule has 1 atom stereocenters. The predicted octanol–water partition coefficient (Wildman–Crippen LogP) is 2.74. The lowest BCUT2D eigenvalue weighted by Gasteiger charge is -2.26. The van der Waals surface area contributed by atoms with E-state index in [-0.39, 0.29) is 11.1 Å². The highest BCUT2D eigenvalue weighted by atomic mass is 19.4. The molecule has 2 N–H and O–H groups in total. The van der Waals surface area contributed by atoms with Crippen molar-refractivity contribution in [3.8, 4) is 6.07 Å². The van der Waals surface area contributed by atoms with Crippen LogP contribution in [0, 0.1) is 11.3 Å². The first-order valence-corrected chi connectivity index (χ1v) is 5.94. The van der Waals surface area contributed by atoms with E-state index in [4.69, 9.17) is 5.26 Å². The van der Waals surface area contributed by atoms with Crippen LogP contribution in [0.1, 0.15) is 24.5 Å². The molecule has 0 radical (unpaired) electrons. The highest BCUT2D eigenvalue weighted by Crippen LogP contribution is 2.34. The molecule has 1 aromatic rings. The van der Waals surface area contributed by atoms with Crippen LogP contribution < -0.4 is 10.6 Å². The van der Waals surface area contributed by atoms with E-state index in [0.29, 0.717) is 12.2 Å². The summed E-state index contributed by atoms with van der Waals surface area (Å²) in [5.74, 6) is 0. The second kappa shape index (κ2) is 4.74. The molecule has 0 spiro atoms. The Morgan fingerprint density at radius 2 is 2.16 bits per heavy atom. The van der Waals surface area contributed by atoms with Gasteiger partial charge >= 0.3 is 6.18 Å². The van der Waals surface area contributed by atoms with Crippen molar-refractivity contribution < 1.29 is 13.2 Å². The van der Waals surface area contributed by atoms with Crippen LogP contribution in [-0.2, 0) is 6.18 Å². The van der Waals surface area contributed by atoms with E-state index < -0.39 is 11.7 Å². The molecule has 0 saturated carbocycles. The number of nitrogens with zero attached hydrogens (tertiary/aromatic N) is 1. The Bertz CT molecular complexity index is 511. The first-order valence-electron chi connectivity index (χ1n) is 5.94. The summed E-state index contributed by atoms with van der Waals surface area (Å²) in [5.41, 5.74) is -1.11. The molecule has 1 saturated heterocycles. The number of anilines is 1. The number of hydrogen-bond acceptors (Lipinski definition) is 3. The van der Waals surface area contributed by atoms with E-state index in [0.717, 1.165) is 19.0 Å². The van der Waals surface area contributed by atoms with Gasteiger partial charge in [-0.05, 0) is 38.1 Å². The fourth-order valence-electron chi connectivity index (χ4n) is 2.23. The minimum Gasteiger partial charge on any atom is -0.379 e. The molecule has 3 nitrogen and oxygen atoms in total. The highest BCUT2D eigenvalue weighted by Gasteiger charge is 2.35. The lowest BCUT2D eigenvalue weighted by molar-refractivity contribution is -0.137. The molecule has 1 unspecified atom stereocenters. The van der Waals surface area contributed by atoms with E-state index in [1.165, 1.54) is 12.1 Å². The van der Waals surface area contributed by atoms with Gasteiger partial charge in [-0.1, -0.05) is 0 Å². The molecule has 19 heavy (non-hydrogen) atoms. The Kier molecular flexibility index (Phi) is 3.42. The van der Waals surface area contributed by atoms with Crippen LogP contribution in [0.5, 0.6) is 0 Å². The van der Waals surface area contributed by atoms with E-state index in [1.54, 1.807) is 6.07 Å². The van der Waals surface area contributed by atoms with Crippen LogP contribution in [0.4, 0.5) is 18.9 Å². The average Bonchev–Trinajstić information content (AvgIpc) is 2.74. The molecule has 1 aliphatic rings. The van der Waals surface area contributed by atoms with Gasteiger partial charge < -0.3 is 10.6 Å². The van der Waals surface area contributed by atoms with Crippen molar-refractivity contribution in [1.29, 1.82) is 5.26 Å². The second-order valence-electron chi connectivity index (χ2n) is 4.98. The van der Waals surface area contributed by atoms with Crippen LogP contribution in [-0.4, -0.2) is 18.6 Å². The van der Waals surface area contributed by atoms with Gasteiger partial charge in [0.2, 0.25) is 0 Å². The van der Waals surface area contributed by atoms with Gasteiger partial charge in [0.05, 0.1) is 17.2 Å². The monoisotopic (exact) mass is 269 g/mol. The second-order valence-corrected chi connectivity index (χ2v) is 4.98. The Labute approximate surface area is 109 Å². The summed E-state index contributed by atoms with van der Waals surface area (Å²) in [6.45, 7) is 3.50. The molecular weight excluding hydrogens is 255 g/mol. The largest absolute Gasteiger partial charge is 0.417 e. The van der Waals surface area contributed by atoms with Gasteiger partial charge in [0, 0.05) is 17.8 Å². The van der Waals surface area contributed by atoms with Gasteiger partial charge in [0.25, 0.3) is 0 Å². The molecule has 0 aromatic heterocycles. The number of rotatable bonds is 2. The zero-order valence-electron chi connectivity index (χ0n) is 10.4. The number of nitrogens with one attached hydrogen (secondary N) is 2. The minimum absolute atomic E-state index is 0.253. The van der Waals surface area contributed by atoms with Crippen molar-refractivity contribution in [2.45, 2.75) is 25.1 Å². The number of benzene rings is 1. The molecule has 1 fully saturated rings. The maximum atomic E-state index is 12.8. The summed E-state index contributed by atoms with van der Waals surface area (Å²) in [6.07, 6.45) is -3.67. The molecule has 0 aliphatic carbocycles. The van der Waals surface area contributed by atoms with E-state index in [2.05, 4.69) is 10.6 Å². The third kappa shape index (κ3) is 2.99. The summed E-state index contributed by atoms with van der Waals surface area (Å²) >= 11 is 0. The number of halogens is 3. The third-order valence-electron chi connectivity index (χ3n) is 3.26. The molecule has 1 heterocycles. The fourth-order valence-corrected chi connectivity index (χ4v) is 2.23. The van der Waals surface area contributed by atoms with Crippen molar-refractivity contribution in [3.63, 3.8) is 0 Å². The highest BCUT2D eigenvalue weighted by molar-refractivity contribution is 5.54. The van der Waals surface area contributed by atoms with Crippen LogP contribution in [0.25, 0.3) is 0 Å². The van der Waals surface area contributed by atoms with Crippen LogP contribution >= 0.6 is 0 Å². The van der Waals surface area contributed by atoms with Crippen molar-refractivity contribution >= 4 is 5.69 Å². The maximum absolute atomic E-state index is 12.8. The normalized spacial score (nSPS) is 23.1. The fraction of sp³-hybridized carbons (Fsp3) is 0.462. The Balaban J connectivity index is 2.31. The summed E-state index contributed by atoms with van der Waals surface area (Å²) in [6, 6.07) is 5.29. The summed E-state index contributed by atoms with van der Waals surface area (Å²) in [5, 5.41) is 15.0. The summed E-state index contributed by atoms with van der Waals surface area (Å²) in [4.78, 5) is 0. The Morgan fingerprint density at radius 1 is 1.42 bits per heavy atom. The van der Waals surface area contributed by atoms with E-state index in [9.17, 15) is 13.2 Å². The van der Waals surface area contributed by atoms with Crippen LogP contribution in [0.3, 0.4) is 0 Å². The van der Waals surface area contributed by atoms with Gasteiger partial charge in [0.1, 0.15) is 0 Å². The molecular formula is C13H14F3N3. The standard InChI is InChI=1S/C13H14F3N3/c1-12(4-5-18-8-12)19-10-3-2-9(7-17)11(6-10)13(14,15)16/h2-3,6,18-19H,4-5,8H2,1H3. The van der Waals surface area contributed by atoms with Crippen molar-refractivity contribution in [3.05, 3.63) is 29.3 Å². The van der Waals surface area contributed by atoms with Crippen LogP contribution in [0.2, 0.25) is 0 Å². The quantitative estimate of drug-likeness (QED) is 0.868. The number of hydrogen-bond donors (Lipinski definition) is 2. The molecule has 1 aliphatic heterocycles. The Morgan fingerprint density at radius 3 is 2.68 bits per heavy atom. The van der Waals surface area contributed by atoms with E-state index in [1.807, 2.05) is 6.92 Å². The smallest absolute Gasteiger partial charge is 0.379 e. The zero-order valence-corrected chi connectivity index (χ0v) is 10.4. The minimum atomic E-state index is -4.52.